The number of nitrogens with zero attached hydrogens (tertiary/aromatic N) is 2. The summed E-state index contributed by atoms with van der Waals surface area (Å²) < 4.78 is 11.9. The third kappa shape index (κ3) is 3.59. The standard InChI is InChI=1S/C21H19N3O4/c1-14(21(26)22-12-15-5-3-2-4-6-15)24-20(25)10-8-17(23-24)16-7-9-18-19(11-16)28-13-27-18/h2-11,14H,12-13H2,1H3,(H,22,26). The lowest BCUT2D eigenvalue weighted by Crippen LogP contribution is -2.36. The monoisotopic (exact) mass is 377 g/mol. The maximum Gasteiger partial charge on any atom is 0.267 e. The van der Waals surface area contributed by atoms with Crippen LogP contribution in [0.15, 0.2) is 65.5 Å². The number of nitrogens with one attached hydrogen (secondary N) is 1. The normalized spacial score (nSPS) is 13.2. The van der Waals surface area contributed by atoms with Crippen LogP contribution in [0.5, 0.6) is 11.5 Å². The summed E-state index contributed by atoms with van der Waals surface area (Å²) >= 11 is 0. The summed E-state index contributed by atoms with van der Waals surface area (Å²) in [5.74, 6) is 1.03. The third-order valence-corrected chi connectivity index (χ3v) is 4.55. The van der Waals surface area contributed by atoms with Gasteiger partial charge < -0.3 is 14.8 Å². The molecule has 1 aliphatic rings. The Morgan fingerprint density at radius 2 is 1.89 bits per heavy atom. The predicted octanol–water partition coefficient (Wildman–Crippen LogP) is 2.52. The fraction of sp³-hybridized carbons (Fsp3) is 0.190. The highest BCUT2D eigenvalue weighted by molar-refractivity contribution is 5.79. The van der Waals surface area contributed by atoms with E-state index in [1.165, 1.54) is 10.7 Å². The van der Waals surface area contributed by atoms with E-state index < -0.39 is 6.04 Å². The van der Waals surface area contributed by atoms with Crippen molar-refractivity contribution < 1.29 is 14.3 Å². The first-order valence-electron chi connectivity index (χ1n) is 8.93. The molecule has 1 aromatic heterocycles. The van der Waals surface area contributed by atoms with Gasteiger partial charge >= 0.3 is 0 Å². The lowest BCUT2D eigenvalue weighted by molar-refractivity contribution is -0.124. The number of fused-ring (bicyclic) bond motifs is 1. The average Bonchev–Trinajstić information content (AvgIpc) is 3.20. The molecular weight excluding hydrogens is 358 g/mol. The van der Waals surface area contributed by atoms with Crippen LogP contribution in [0.1, 0.15) is 18.5 Å². The fourth-order valence-electron chi connectivity index (χ4n) is 2.96. The van der Waals surface area contributed by atoms with E-state index in [9.17, 15) is 9.59 Å². The van der Waals surface area contributed by atoms with Crippen molar-refractivity contribution in [3.63, 3.8) is 0 Å². The number of carbonyl (C=O) groups excluding carboxylic acids is 1. The van der Waals surface area contributed by atoms with Gasteiger partial charge in [0.25, 0.3) is 5.56 Å². The van der Waals surface area contributed by atoms with E-state index in [4.69, 9.17) is 9.47 Å². The molecule has 2 heterocycles. The first-order valence-corrected chi connectivity index (χ1v) is 8.93. The third-order valence-electron chi connectivity index (χ3n) is 4.55. The second-order valence-corrected chi connectivity index (χ2v) is 6.45. The zero-order valence-corrected chi connectivity index (χ0v) is 15.3. The van der Waals surface area contributed by atoms with Crippen molar-refractivity contribution in [3.8, 4) is 22.8 Å². The summed E-state index contributed by atoms with van der Waals surface area (Å²) in [4.78, 5) is 24.8. The van der Waals surface area contributed by atoms with E-state index >= 15 is 0 Å². The molecule has 0 aliphatic carbocycles. The molecule has 0 bridgehead atoms. The minimum absolute atomic E-state index is 0.185. The Labute approximate surface area is 161 Å². The van der Waals surface area contributed by atoms with Crippen LogP contribution in [-0.2, 0) is 11.3 Å². The van der Waals surface area contributed by atoms with Gasteiger partial charge in [0.2, 0.25) is 12.7 Å². The average molecular weight is 377 g/mol. The van der Waals surface area contributed by atoms with Crippen molar-refractivity contribution in [1.82, 2.24) is 15.1 Å². The Balaban J connectivity index is 1.54. The SMILES string of the molecule is CC(C(=O)NCc1ccccc1)n1nc(-c2ccc3c(c2)OCO3)ccc1=O. The van der Waals surface area contributed by atoms with Gasteiger partial charge in [-0.2, -0.15) is 5.10 Å². The van der Waals surface area contributed by atoms with Crippen LogP contribution in [-0.4, -0.2) is 22.5 Å². The minimum Gasteiger partial charge on any atom is -0.454 e. The topological polar surface area (TPSA) is 82.5 Å². The van der Waals surface area contributed by atoms with Gasteiger partial charge in [0.05, 0.1) is 5.69 Å². The number of carbonyl (C=O) groups is 1. The largest absolute Gasteiger partial charge is 0.454 e. The van der Waals surface area contributed by atoms with E-state index in [1.54, 1.807) is 25.1 Å². The van der Waals surface area contributed by atoms with Gasteiger partial charge in [-0.15, -0.1) is 0 Å². The minimum atomic E-state index is -0.745. The molecule has 0 radical (unpaired) electrons. The number of hydrogen-bond acceptors (Lipinski definition) is 5. The van der Waals surface area contributed by atoms with E-state index in [2.05, 4.69) is 10.4 Å². The molecule has 1 amide bonds. The van der Waals surface area contributed by atoms with Crippen molar-refractivity contribution in [3.05, 3.63) is 76.6 Å². The molecular formula is C21H19N3O4. The Morgan fingerprint density at radius 1 is 1.11 bits per heavy atom. The molecule has 1 aliphatic heterocycles. The highest BCUT2D eigenvalue weighted by Gasteiger charge is 2.19. The lowest BCUT2D eigenvalue weighted by Gasteiger charge is -2.15. The molecule has 28 heavy (non-hydrogen) atoms. The number of amides is 1. The summed E-state index contributed by atoms with van der Waals surface area (Å²) in [6, 6.07) is 17.3. The lowest BCUT2D eigenvalue weighted by atomic mass is 10.1. The van der Waals surface area contributed by atoms with Gasteiger partial charge in [-0.1, -0.05) is 30.3 Å². The molecule has 3 aromatic rings. The van der Waals surface area contributed by atoms with Crippen molar-refractivity contribution in [1.29, 1.82) is 0 Å². The zero-order chi connectivity index (χ0) is 19.5. The van der Waals surface area contributed by atoms with E-state index in [-0.39, 0.29) is 18.3 Å². The van der Waals surface area contributed by atoms with Gasteiger partial charge in [0.1, 0.15) is 6.04 Å². The Morgan fingerprint density at radius 3 is 2.71 bits per heavy atom. The molecule has 1 atom stereocenters. The van der Waals surface area contributed by atoms with Crippen LogP contribution in [0.2, 0.25) is 0 Å². The molecule has 4 rings (SSSR count). The summed E-state index contributed by atoms with van der Waals surface area (Å²) in [6.45, 7) is 2.23. The molecule has 0 saturated heterocycles. The van der Waals surface area contributed by atoms with Gasteiger partial charge in [-0.3, -0.25) is 9.59 Å². The Bertz CT molecular complexity index is 1060. The van der Waals surface area contributed by atoms with Crippen molar-refractivity contribution in [2.24, 2.45) is 0 Å². The Hall–Kier alpha value is -3.61. The maximum absolute atomic E-state index is 12.5. The quantitative estimate of drug-likeness (QED) is 0.739. The van der Waals surface area contributed by atoms with Gasteiger partial charge in [0.15, 0.2) is 11.5 Å². The van der Waals surface area contributed by atoms with E-state index in [1.807, 2.05) is 36.4 Å². The van der Waals surface area contributed by atoms with Gasteiger partial charge in [-0.25, -0.2) is 4.68 Å². The maximum atomic E-state index is 12.5. The number of benzene rings is 2. The van der Waals surface area contributed by atoms with Crippen molar-refractivity contribution >= 4 is 5.91 Å². The molecule has 2 aromatic carbocycles. The van der Waals surface area contributed by atoms with Crippen LogP contribution < -0.4 is 20.3 Å². The first-order chi connectivity index (χ1) is 13.6. The fourth-order valence-corrected chi connectivity index (χ4v) is 2.96. The Kier molecular flexibility index (Phi) is 4.80. The molecule has 1 N–H and O–H groups in total. The first kappa shape index (κ1) is 17.8. The van der Waals surface area contributed by atoms with Gasteiger partial charge in [0, 0.05) is 18.2 Å². The molecule has 0 spiro atoms. The number of aromatic nitrogens is 2. The molecule has 142 valence electrons. The highest BCUT2D eigenvalue weighted by atomic mass is 16.7. The van der Waals surface area contributed by atoms with Crippen LogP contribution in [0.25, 0.3) is 11.3 Å². The van der Waals surface area contributed by atoms with Crippen LogP contribution in [0.4, 0.5) is 0 Å². The second-order valence-electron chi connectivity index (χ2n) is 6.45. The second kappa shape index (κ2) is 7.56. The summed E-state index contributed by atoms with van der Waals surface area (Å²) in [5.41, 5.74) is 1.99. The van der Waals surface area contributed by atoms with Crippen LogP contribution >= 0.6 is 0 Å². The molecule has 1 unspecified atom stereocenters. The molecule has 0 saturated carbocycles. The number of rotatable bonds is 5. The van der Waals surface area contributed by atoms with E-state index in [0.29, 0.717) is 23.7 Å². The number of hydrogen-bond donors (Lipinski definition) is 1. The molecule has 7 nitrogen and oxygen atoms in total. The zero-order valence-electron chi connectivity index (χ0n) is 15.3. The predicted molar refractivity (Wildman–Crippen MR) is 103 cm³/mol. The highest BCUT2D eigenvalue weighted by Crippen LogP contribution is 2.35. The van der Waals surface area contributed by atoms with Crippen LogP contribution in [0.3, 0.4) is 0 Å². The van der Waals surface area contributed by atoms with Gasteiger partial charge in [-0.05, 0) is 36.8 Å². The summed E-state index contributed by atoms with van der Waals surface area (Å²) in [5, 5.41) is 7.23. The van der Waals surface area contributed by atoms with Crippen LogP contribution in [0, 0.1) is 0 Å². The molecule has 7 heteroatoms. The number of ether oxygens (including phenoxy) is 2. The van der Waals surface area contributed by atoms with Crippen molar-refractivity contribution in [2.45, 2.75) is 19.5 Å². The summed E-state index contributed by atoms with van der Waals surface area (Å²) in [7, 11) is 0. The summed E-state index contributed by atoms with van der Waals surface area (Å²) in [6.07, 6.45) is 0. The smallest absolute Gasteiger partial charge is 0.267 e. The van der Waals surface area contributed by atoms with E-state index in [0.717, 1.165) is 11.1 Å². The van der Waals surface area contributed by atoms with Crippen molar-refractivity contribution in [2.75, 3.05) is 6.79 Å². The molecule has 0 fully saturated rings.